The average molecular weight is 296 g/mol. The summed E-state index contributed by atoms with van der Waals surface area (Å²) in [4.78, 5) is 11.9. The highest BCUT2D eigenvalue weighted by Gasteiger charge is 2.39. The Morgan fingerprint density at radius 1 is 1.25 bits per heavy atom. The van der Waals surface area contributed by atoms with Gasteiger partial charge in [0.2, 0.25) is 0 Å². The molecule has 0 aromatic heterocycles. The van der Waals surface area contributed by atoms with Crippen molar-refractivity contribution in [1.29, 1.82) is 0 Å². The molecule has 1 aliphatic rings. The van der Waals surface area contributed by atoms with Crippen LogP contribution in [0.1, 0.15) is 32.6 Å². The van der Waals surface area contributed by atoms with Crippen LogP contribution in [0.5, 0.6) is 0 Å². The van der Waals surface area contributed by atoms with Crippen molar-refractivity contribution in [3.63, 3.8) is 0 Å². The van der Waals surface area contributed by atoms with E-state index in [1.54, 1.807) is 37.3 Å². The number of benzene rings is 1. The summed E-state index contributed by atoms with van der Waals surface area (Å²) in [5.41, 5.74) is 0. The molecule has 1 aliphatic carbocycles. The van der Waals surface area contributed by atoms with Gasteiger partial charge in [-0.25, -0.2) is 8.42 Å². The van der Waals surface area contributed by atoms with Gasteiger partial charge in [-0.2, -0.15) is 0 Å². The van der Waals surface area contributed by atoms with E-state index in [0.717, 1.165) is 12.8 Å². The van der Waals surface area contributed by atoms with Crippen LogP contribution in [-0.2, 0) is 19.4 Å². The molecule has 1 fully saturated rings. The maximum atomic E-state index is 12.6. The standard InChI is InChI=1S/C15H20O4S/c1-2-19-15(16)11-12-7-6-10-14(12)20(17,18)13-8-4-3-5-9-13/h3-5,8-9,12,14H,2,6-7,10-11H2,1H3/t12-,14-/m0/s1. The zero-order valence-electron chi connectivity index (χ0n) is 11.6. The number of carbonyl (C=O) groups is 1. The van der Waals surface area contributed by atoms with Gasteiger partial charge in [-0.15, -0.1) is 0 Å². The summed E-state index contributed by atoms with van der Waals surface area (Å²) >= 11 is 0. The van der Waals surface area contributed by atoms with E-state index in [-0.39, 0.29) is 18.3 Å². The van der Waals surface area contributed by atoms with Crippen molar-refractivity contribution < 1.29 is 17.9 Å². The molecule has 0 radical (unpaired) electrons. The largest absolute Gasteiger partial charge is 0.466 e. The Morgan fingerprint density at radius 2 is 1.95 bits per heavy atom. The van der Waals surface area contributed by atoms with Crippen molar-refractivity contribution in [2.45, 2.75) is 42.8 Å². The molecule has 5 heteroatoms. The lowest BCUT2D eigenvalue weighted by Gasteiger charge is -2.19. The number of ether oxygens (including phenoxy) is 1. The third kappa shape index (κ3) is 3.20. The molecule has 0 N–H and O–H groups in total. The van der Waals surface area contributed by atoms with Gasteiger partial charge in [-0.3, -0.25) is 4.79 Å². The van der Waals surface area contributed by atoms with Gasteiger partial charge < -0.3 is 4.74 Å². The molecule has 1 aromatic rings. The Bertz CT molecular complexity index is 550. The Hall–Kier alpha value is -1.36. The summed E-state index contributed by atoms with van der Waals surface area (Å²) in [5, 5.41) is -0.464. The van der Waals surface area contributed by atoms with Crippen LogP contribution in [0.25, 0.3) is 0 Å². The van der Waals surface area contributed by atoms with Gasteiger partial charge in [-0.05, 0) is 37.8 Å². The number of sulfone groups is 1. The summed E-state index contributed by atoms with van der Waals surface area (Å²) in [7, 11) is -3.36. The first kappa shape index (κ1) is 15.0. The zero-order chi connectivity index (χ0) is 14.6. The number of hydrogen-bond acceptors (Lipinski definition) is 4. The lowest BCUT2D eigenvalue weighted by Crippen LogP contribution is -2.27. The van der Waals surface area contributed by atoms with E-state index >= 15 is 0 Å². The molecule has 0 saturated heterocycles. The summed E-state index contributed by atoms with van der Waals surface area (Å²) < 4.78 is 30.2. The van der Waals surface area contributed by atoms with Crippen LogP contribution in [-0.4, -0.2) is 26.2 Å². The first-order valence-electron chi connectivity index (χ1n) is 7.00. The molecule has 0 spiro atoms. The molecule has 1 aromatic carbocycles. The molecule has 0 amide bonds. The molecular weight excluding hydrogens is 276 g/mol. The maximum Gasteiger partial charge on any atom is 0.306 e. The minimum Gasteiger partial charge on any atom is -0.466 e. The molecule has 110 valence electrons. The SMILES string of the molecule is CCOC(=O)C[C@@H]1CCC[C@@H]1S(=O)(=O)c1ccccc1. The van der Waals surface area contributed by atoms with Gasteiger partial charge >= 0.3 is 5.97 Å². The minimum atomic E-state index is -3.36. The molecule has 0 bridgehead atoms. The Kier molecular flexibility index (Phi) is 4.81. The Balaban J connectivity index is 2.16. The van der Waals surface area contributed by atoms with Crippen LogP contribution < -0.4 is 0 Å². The van der Waals surface area contributed by atoms with E-state index in [0.29, 0.717) is 17.9 Å². The van der Waals surface area contributed by atoms with Crippen molar-refractivity contribution in [1.82, 2.24) is 0 Å². The first-order chi connectivity index (χ1) is 9.55. The van der Waals surface area contributed by atoms with E-state index in [4.69, 9.17) is 4.74 Å². The molecule has 4 nitrogen and oxygen atoms in total. The lowest BCUT2D eigenvalue weighted by atomic mass is 10.0. The normalized spacial score (nSPS) is 22.6. The predicted molar refractivity (Wildman–Crippen MR) is 76.0 cm³/mol. The van der Waals surface area contributed by atoms with Crippen molar-refractivity contribution in [2.75, 3.05) is 6.61 Å². The van der Waals surface area contributed by atoms with Crippen LogP contribution >= 0.6 is 0 Å². The third-order valence-electron chi connectivity index (χ3n) is 3.79. The van der Waals surface area contributed by atoms with Crippen LogP contribution in [0, 0.1) is 5.92 Å². The van der Waals surface area contributed by atoms with Gasteiger partial charge in [0.05, 0.1) is 16.8 Å². The van der Waals surface area contributed by atoms with Gasteiger partial charge in [0.1, 0.15) is 0 Å². The fourth-order valence-corrected chi connectivity index (χ4v) is 4.97. The lowest BCUT2D eigenvalue weighted by molar-refractivity contribution is -0.144. The quantitative estimate of drug-likeness (QED) is 0.784. The van der Waals surface area contributed by atoms with Crippen molar-refractivity contribution in [3.8, 4) is 0 Å². The molecule has 0 heterocycles. The van der Waals surface area contributed by atoms with Crippen LogP contribution in [0.2, 0.25) is 0 Å². The fraction of sp³-hybridized carbons (Fsp3) is 0.533. The Morgan fingerprint density at radius 3 is 2.60 bits per heavy atom. The molecular formula is C15H20O4S. The molecule has 0 unspecified atom stereocenters. The maximum absolute atomic E-state index is 12.6. The predicted octanol–water partition coefficient (Wildman–Crippen LogP) is 2.58. The number of carbonyl (C=O) groups excluding carboxylic acids is 1. The van der Waals surface area contributed by atoms with E-state index in [1.807, 2.05) is 0 Å². The molecule has 1 saturated carbocycles. The fourth-order valence-electron chi connectivity index (χ4n) is 2.86. The second-order valence-corrected chi connectivity index (χ2v) is 7.26. The van der Waals surface area contributed by atoms with Crippen LogP contribution in [0.3, 0.4) is 0 Å². The van der Waals surface area contributed by atoms with E-state index < -0.39 is 15.1 Å². The second kappa shape index (κ2) is 6.39. The van der Waals surface area contributed by atoms with Crippen LogP contribution in [0.4, 0.5) is 0 Å². The number of hydrogen-bond donors (Lipinski definition) is 0. The summed E-state index contributed by atoms with van der Waals surface area (Å²) in [6.45, 7) is 2.09. The first-order valence-corrected chi connectivity index (χ1v) is 8.55. The van der Waals surface area contributed by atoms with E-state index in [9.17, 15) is 13.2 Å². The summed E-state index contributed by atoms with van der Waals surface area (Å²) in [5.74, 6) is -0.424. The second-order valence-electron chi connectivity index (χ2n) is 5.10. The highest BCUT2D eigenvalue weighted by Crippen LogP contribution is 2.36. The summed E-state index contributed by atoms with van der Waals surface area (Å²) in [6, 6.07) is 8.48. The smallest absolute Gasteiger partial charge is 0.306 e. The zero-order valence-corrected chi connectivity index (χ0v) is 12.4. The molecule has 20 heavy (non-hydrogen) atoms. The van der Waals surface area contributed by atoms with Crippen LogP contribution in [0.15, 0.2) is 35.2 Å². The highest BCUT2D eigenvalue weighted by atomic mass is 32.2. The number of rotatable bonds is 5. The van der Waals surface area contributed by atoms with Crippen molar-refractivity contribution in [2.24, 2.45) is 5.92 Å². The van der Waals surface area contributed by atoms with Gasteiger partial charge in [-0.1, -0.05) is 24.6 Å². The van der Waals surface area contributed by atoms with E-state index in [2.05, 4.69) is 0 Å². The van der Waals surface area contributed by atoms with Crippen molar-refractivity contribution in [3.05, 3.63) is 30.3 Å². The van der Waals surface area contributed by atoms with Crippen molar-refractivity contribution >= 4 is 15.8 Å². The topological polar surface area (TPSA) is 60.4 Å². The highest BCUT2D eigenvalue weighted by molar-refractivity contribution is 7.92. The molecule has 0 aliphatic heterocycles. The molecule has 2 atom stereocenters. The van der Waals surface area contributed by atoms with E-state index in [1.165, 1.54) is 0 Å². The third-order valence-corrected chi connectivity index (χ3v) is 6.14. The van der Waals surface area contributed by atoms with Gasteiger partial charge in [0.25, 0.3) is 0 Å². The monoisotopic (exact) mass is 296 g/mol. The minimum absolute atomic E-state index is 0.126. The molecule has 2 rings (SSSR count). The van der Waals surface area contributed by atoms with Gasteiger partial charge in [0, 0.05) is 6.42 Å². The average Bonchev–Trinajstić information content (AvgIpc) is 2.89. The van der Waals surface area contributed by atoms with Gasteiger partial charge in [0.15, 0.2) is 9.84 Å². The Labute approximate surface area is 120 Å². The number of esters is 1. The summed E-state index contributed by atoms with van der Waals surface area (Å²) in [6.07, 6.45) is 2.45.